The highest BCUT2D eigenvalue weighted by atomic mass is 19.1. The molecule has 1 aromatic carbocycles. The summed E-state index contributed by atoms with van der Waals surface area (Å²) in [6, 6.07) is 10.2. The van der Waals surface area contributed by atoms with Crippen LogP contribution >= 0.6 is 0 Å². The molecular weight excluding hydrogens is 393 g/mol. The molecule has 0 N–H and O–H groups in total. The van der Waals surface area contributed by atoms with Gasteiger partial charge in [0.1, 0.15) is 12.1 Å². The lowest BCUT2D eigenvalue weighted by molar-refractivity contribution is 0.0738. The Balaban J connectivity index is 1.56. The molecule has 1 saturated heterocycles. The molecule has 1 atom stereocenters. The number of carbonyl (C=O) groups excluding carboxylic acids is 1. The zero-order valence-corrected chi connectivity index (χ0v) is 16.8. The van der Waals surface area contributed by atoms with Gasteiger partial charge < -0.3 is 4.90 Å². The highest BCUT2D eigenvalue weighted by molar-refractivity contribution is 6.07. The largest absolute Gasteiger partial charge is 0.335 e. The van der Waals surface area contributed by atoms with Crippen molar-refractivity contribution in [2.24, 2.45) is 0 Å². The van der Waals surface area contributed by atoms with E-state index in [0.717, 1.165) is 24.8 Å². The predicted octanol–water partition coefficient (Wildman–Crippen LogP) is 4.07. The van der Waals surface area contributed by atoms with Crippen molar-refractivity contribution in [2.45, 2.75) is 25.3 Å². The van der Waals surface area contributed by atoms with Gasteiger partial charge in [-0.1, -0.05) is 6.07 Å². The summed E-state index contributed by atoms with van der Waals surface area (Å²) >= 11 is 0. The molecule has 4 aromatic rings. The number of likely N-dealkylation sites (tertiary alicyclic amines) is 1. The number of benzene rings is 1. The zero-order valence-electron chi connectivity index (χ0n) is 16.8. The number of carbonyl (C=O) groups is 1. The van der Waals surface area contributed by atoms with E-state index in [1.165, 1.54) is 18.5 Å². The fraction of sp³-hybridized carbons (Fsp3) is 0.208. The van der Waals surface area contributed by atoms with Crippen LogP contribution in [0.5, 0.6) is 0 Å². The summed E-state index contributed by atoms with van der Waals surface area (Å²) in [6.07, 6.45) is 11.0. The molecule has 1 aliphatic heterocycles. The smallest absolute Gasteiger partial charge is 0.254 e. The number of nitrogens with zero attached hydrogens (tertiary/aromatic N) is 5. The van der Waals surface area contributed by atoms with Crippen LogP contribution in [-0.4, -0.2) is 43.3 Å². The van der Waals surface area contributed by atoms with E-state index in [1.807, 2.05) is 23.2 Å². The van der Waals surface area contributed by atoms with E-state index in [1.54, 1.807) is 30.7 Å². The first kappa shape index (κ1) is 19.2. The number of hydrogen-bond acceptors (Lipinski definition) is 5. The van der Waals surface area contributed by atoms with Crippen LogP contribution in [0.1, 0.15) is 28.8 Å². The second-order valence-corrected chi connectivity index (χ2v) is 7.70. The lowest BCUT2D eigenvalue weighted by Crippen LogP contribution is -2.37. The first-order valence-electron chi connectivity index (χ1n) is 10.2. The van der Waals surface area contributed by atoms with Crippen molar-refractivity contribution in [2.75, 3.05) is 6.54 Å². The number of amides is 1. The number of hydrogen-bond donors (Lipinski definition) is 0. The van der Waals surface area contributed by atoms with E-state index in [-0.39, 0.29) is 11.9 Å². The summed E-state index contributed by atoms with van der Waals surface area (Å²) in [5.74, 6) is -0.459. The van der Waals surface area contributed by atoms with Crippen molar-refractivity contribution < 1.29 is 9.18 Å². The van der Waals surface area contributed by atoms with Gasteiger partial charge in [0.05, 0.1) is 16.8 Å². The summed E-state index contributed by atoms with van der Waals surface area (Å²) in [7, 11) is 0. The van der Waals surface area contributed by atoms with Crippen LogP contribution in [0.25, 0.3) is 22.2 Å². The quantitative estimate of drug-likeness (QED) is 0.504. The van der Waals surface area contributed by atoms with Gasteiger partial charge in [-0.25, -0.2) is 19.3 Å². The molecule has 1 unspecified atom stereocenters. The van der Waals surface area contributed by atoms with Crippen LogP contribution in [-0.2, 0) is 6.42 Å². The molecule has 31 heavy (non-hydrogen) atoms. The number of rotatable bonds is 4. The third-order valence-electron chi connectivity index (χ3n) is 5.69. The minimum atomic E-state index is -0.393. The first-order valence-corrected chi connectivity index (χ1v) is 10.2. The Hall–Kier alpha value is -3.74. The maximum Gasteiger partial charge on any atom is 0.254 e. The summed E-state index contributed by atoms with van der Waals surface area (Å²) in [4.78, 5) is 32.5. The summed E-state index contributed by atoms with van der Waals surface area (Å²) in [6.45, 7) is 0.693. The topological polar surface area (TPSA) is 71.9 Å². The molecule has 4 heterocycles. The van der Waals surface area contributed by atoms with Gasteiger partial charge in [0.15, 0.2) is 0 Å². The Kier molecular flexibility index (Phi) is 5.08. The Morgan fingerprint density at radius 1 is 1.10 bits per heavy atom. The fourth-order valence-corrected chi connectivity index (χ4v) is 4.22. The van der Waals surface area contributed by atoms with E-state index >= 15 is 0 Å². The van der Waals surface area contributed by atoms with Crippen molar-refractivity contribution in [1.29, 1.82) is 0 Å². The average molecular weight is 413 g/mol. The average Bonchev–Trinajstić information content (AvgIpc) is 3.27. The third-order valence-corrected chi connectivity index (χ3v) is 5.69. The van der Waals surface area contributed by atoms with Gasteiger partial charge in [0, 0.05) is 54.4 Å². The summed E-state index contributed by atoms with van der Waals surface area (Å²) < 4.78 is 13.9. The molecule has 3 aromatic heterocycles. The van der Waals surface area contributed by atoms with Crippen LogP contribution in [0.15, 0.2) is 67.5 Å². The minimum absolute atomic E-state index is 0.0662. The third kappa shape index (κ3) is 3.86. The molecule has 0 radical (unpaired) electrons. The van der Waals surface area contributed by atoms with Gasteiger partial charge in [-0.3, -0.25) is 9.78 Å². The monoisotopic (exact) mass is 413 g/mol. The molecule has 1 amide bonds. The lowest BCUT2D eigenvalue weighted by Gasteiger charge is -2.25. The van der Waals surface area contributed by atoms with Crippen LogP contribution < -0.4 is 0 Å². The maximum absolute atomic E-state index is 13.9. The van der Waals surface area contributed by atoms with Crippen LogP contribution in [0, 0.1) is 5.82 Å². The Labute approximate surface area is 178 Å². The molecular formula is C24H20FN5O. The van der Waals surface area contributed by atoms with Gasteiger partial charge in [-0.15, -0.1) is 0 Å². The molecule has 0 saturated carbocycles. The standard InChI is InChI=1S/C24H20FN5O/c25-18-5-6-20-21(11-22(29-23(20)10-18)17-13-27-15-28-14-17)24(31)30-8-2-4-19(30)9-16-3-1-7-26-12-16/h1,3,5-7,10-15,19H,2,4,8-9H2. The van der Waals surface area contributed by atoms with Gasteiger partial charge in [0.2, 0.25) is 0 Å². The molecule has 1 aliphatic rings. The Morgan fingerprint density at radius 3 is 2.77 bits per heavy atom. The molecule has 7 heteroatoms. The second-order valence-electron chi connectivity index (χ2n) is 7.70. The van der Waals surface area contributed by atoms with Crippen molar-refractivity contribution in [3.8, 4) is 11.3 Å². The number of pyridine rings is 2. The van der Waals surface area contributed by atoms with Gasteiger partial charge in [0.25, 0.3) is 5.91 Å². The van der Waals surface area contributed by atoms with Crippen LogP contribution in [0.4, 0.5) is 4.39 Å². The van der Waals surface area contributed by atoms with Crippen molar-refractivity contribution in [3.63, 3.8) is 0 Å². The zero-order chi connectivity index (χ0) is 21.2. The Morgan fingerprint density at radius 2 is 1.97 bits per heavy atom. The maximum atomic E-state index is 13.9. The molecule has 0 spiro atoms. The van der Waals surface area contributed by atoms with Gasteiger partial charge >= 0.3 is 0 Å². The van der Waals surface area contributed by atoms with E-state index in [4.69, 9.17) is 0 Å². The molecule has 5 rings (SSSR count). The number of halogens is 1. The molecule has 0 aliphatic carbocycles. The SMILES string of the molecule is O=C(c1cc(-c2cncnc2)nc2cc(F)ccc12)N1CCCC1Cc1cccnc1. The number of aromatic nitrogens is 4. The number of fused-ring (bicyclic) bond motifs is 1. The van der Waals surface area contributed by atoms with E-state index < -0.39 is 5.82 Å². The normalized spacial score (nSPS) is 16.0. The van der Waals surface area contributed by atoms with Crippen LogP contribution in [0.2, 0.25) is 0 Å². The molecule has 0 bridgehead atoms. The minimum Gasteiger partial charge on any atom is -0.335 e. The van der Waals surface area contributed by atoms with Crippen molar-refractivity contribution >= 4 is 16.8 Å². The highest BCUT2D eigenvalue weighted by Crippen LogP contribution is 2.29. The molecule has 154 valence electrons. The lowest BCUT2D eigenvalue weighted by atomic mass is 10.0. The summed E-state index contributed by atoms with van der Waals surface area (Å²) in [5.41, 5.74) is 3.28. The second kappa shape index (κ2) is 8.18. The molecule has 6 nitrogen and oxygen atoms in total. The first-order chi connectivity index (χ1) is 15.2. The van der Waals surface area contributed by atoms with Crippen molar-refractivity contribution in [1.82, 2.24) is 24.8 Å². The Bertz CT molecular complexity index is 1230. The predicted molar refractivity (Wildman–Crippen MR) is 115 cm³/mol. The van der Waals surface area contributed by atoms with Crippen LogP contribution in [0.3, 0.4) is 0 Å². The van der Waals surface area contributed by atoms with E-state index in [9.17, 15) is 9.18 Å². The van der Waals surface area contributed by atoms with E-state index in [2.05, 4.69) is 19.9 Å². The fourth-order valence-electron chi connectivity index (χ4n) is 4.22. The van der Waals surface area contributed by atoms with Gasteiger partial charge in [-0.2, -0.15) is 0 Å². The molecule has 1 fully saturated rings. The highest BCUT2D eigenvalue weighted by Gasteiger charge is 2.31. The van der Waals surface area contributed by atoms with Gasteiger partial charge in [-0.05, 0) is 49.1 Å². The van der Waals surface area contributed by atoms with Crippen molar-refractivity contribution in [3.05, 3.63) is 84.5 Å². The summed E-state index contributed by atoms with van der Waals surface area (Å²) in [5, 5.41) is 0.638. The van der Waals surface area contributed by atoms with E-state index in [0.29, 0.717) is 34.3 Å².